The van der Waals surface area contributed by atoms with Gasteiger partial charge in [0.05, 0.1) is 18.7 Å². The van der Waals surface area contributed by atoms with Crippen LogP contribution in [0.4, 0.5) is 13.2 Å². The van der Waals surface area contributed by atoms with Gasteiger partial charge in [-0.3, -0.25) is 14.4 Å². The van der Waals surface area contributed by atoms with Crippen molar-refractivity contribution in [3.8, 4) is 11.8 Å². The first-order valence-electron chi connectivity index (χ1n) is 13.7. The highest BCUT2D eigenvalue weighted by atomic mass is 19.1. The quantitative estimate of drug-likeness (QED) is 0.381. The minimum absolute atomic E-state index is 0.0502. The lowest BCUT2D eigenvalue weighted by Crippen LogP contribution is -2.46. The number of hydrogen-bond donors (Lipinski definition) is 4. The van der Waals surface area contributed by atoms with Crippen molar-refractivity contribution in [1.82, 2.24) is 20.9 Å². The van der Waals surface area contributed by atoms with E-state index in [0.717, 1.165) is 25.0 Å². The van der Waals surface area contributed by atoms with Gasteiger partial charge in [0.15, 0.2) is 0 Å². The minimum Gasteiger partial charge on any atom is -0.392 e. The number of rotatable bonds is 7. The Bertz CT molecular complexity index is 1360. The number of hydrogen-bond acceptors (Lipinski definition) is 5. The van der Waals surface area contributed by atoms with Gasteiger partial charge in [-0.1, -0.05) is 24.0 Å². The van der Waals surface area contributed by atoms with Gasteiger partial charge < -0.3 is 26.0 Å². The normalized spacial score (nSPS) is 23.6. The van der Waals surface area contributed by atoms with Crippen LogP contribution in [0.25, 0.3) is 0 Å². The highest BCUT2D eigenvalue weighted by molar-refractivity contribution is 5.95. The number of aliphatic hydroxyl groups excluding tert-OH is 1. The van der Waals surface area contributed by atoms with Crippen LogP contribution in [0.15, 0.2) is 36.4 Å². The number of likely N-dealkylation sites (tertiary alicyclic amines) is 1. The summed E-state index contributed by atoms with van der Waals surface area (Å²) in [5.41, 5.74) is 0.596. The number of carbonyl (C=O) groups is 3. The summed E-state index contributed by atoms with van der Waals surface area (Å²) in [6.45, 7) is 0.193. The average Bonchev–Trinajstić information content (AvgIpc) is 3.59. The van der Waals surface area contributed by atoms with E-state index in [1.807, 2.05) is 0 Å². The van der Waals surface area contributed by atoms with Crippen LogP contribution in [0.3, 0.4) is 0 Å². The molecule has 1 saturated carbocycles. The number of halogens is 3. The molecule has 11 heteroatoms. The number of alkyl halides is 1. The molecule has 0 bridgehead atoms. The van der Waals surface area contributed by atoms with E-state index >= 15 is 0 Å². The monoisotopic (exact) mass is 568 g/mol. The lowest BCUT2D eigenvalue weighted by Gasteiger charge is -2.25. The first-order chi connectivity index (χ1) is 19.7. The molecule has 0 aromatic heterocycles. The predicted molar refractivity (Wildman–Crippen MR) is 143 cm³/mol. The summed E-state index contributed by atoms with van der Waals surface area (Å²) in [5, 5.41) is 17.4. The molecule has 0 radical (unpaired) electrons. The minimum atomic E-state index is -1.09. The van der Waals surface area contributed by atoms with Crippen molar-refractivity contribution in [3.63, 3.8) is 0 Å². The molecule has 4 atom stereocenters. The van der Waals surface area contributed by atoms with E-state index in [-0.39, 0.29) is 56.0 Å². The van der Waals surface area contributed by atoms with E-state index < -0.39 is 47.4 Å². The Morgan fingerprint density at radius 1 is 1.02 bits per heavy atom. The van der Waals surface area contributed by atoms with E-state index in [1.54, 1.807) is 29.2 Å². The molecule has 41 heavy (non-hydrogen) atoms. The van der Waals surface area contributed by atoms with Crippen LogP contribution in [-0.4, -0.2) is 71.7 Å². The lowest BCUT2D eigenvalue weighted by atomic mass is 10.1. The second-order valence-electron chi connectivity index (χ2n) is 10.8. The third kappa shape index (κ3) is 6.89. The Labute approximate surface area is 235 Å². The van der Waals surface area contributed by atoms with Crippen LogP contribution in [0.1, 0.15) is 52.7 Å². The first kappa shape index (κ1) is 28.6. The van der Waals surface area contributed by atoms with Crippen LogP contribution in [-0.2, 0) is 16.2 Å². The number of nitrogens with one attached hydrogen (secondary N) is 3. The molecule has 3 aliphatic rings. The predicted octanol–water partition coefficient (Wildman–Crippen LogP) is 1.78. The second-order valence-corrected chi connectivity index (χ2v) is 10.8. The molecule has 2 aromatic carbocycles. The summed E-state index contributed by atoms with van der Waals surface area (Å²) in [7, 11) is 0. The first-order valence-corrected chi connectivity index (χ1v) is 13.7. The van der Waals surface area contributed by atoms with Crippen LogP contribution in [0.5, 0.6) is 0 Å². The summed E-state index contributed by atoms with van der Waals surface area (Å²) in [5.74, 6) is 1.85. The van der Waals surface area contributed by atoms with Crippen LogP contribution in [0, 0.1) is 29.4 Å². The van der Waals surface area contributed by atoms with E-state index in [0.29, 0.717) is 17.5 Å². The third-order valence-corrected chi connectivity index (χ3v) is 7.62. The zero-order valence-corrected chi connectivity index (χ0v) is 22.3. The fourth-order valence-electron chi connectivity index (χ4n) is 5.24. The zero-order chi connectivity index (χ0) is 29.1. The molecule has 2 heterocycles. The highest BCUT2D eigenvalue weighted by Gasteiger charge is 2.42. The van der Waals surface area contributed by atoms with Gasteiger partial charge >= 0.3 is 0 Å². The van der Waals surface area contributed by atoms with E-state index in [2.05, 4.69) is 27.8 Å². The van der Waals surface area contributed by atoms with E-state index in [9.17, 15) is 27.6 Å². The Balaban J connectivity index is 1.22. The largest absolute Gasteiger partial charge is 0.392 e. The maximum absolute atomic E-state index is 14.8. The Morgan fingerprint density at radius 2 is 1.71 bits per heavy atom. The van der Waals surface area contributed by atoms with Crippen LogP contribution < -0.4 is 16.0 Å². The van der Waals surface area contributed by atoms with Gasteiger partial charge in [-0.25, -0.2) is 13.2 Å². The standard InChI is InChI=1S/C30H31F3N4O4/c31-21-11-26(34-13-21)28(39)36-22-12-23(37(15-22)30(41)20-7-8-20)14-35-29(40)27-24(32)9-19(10-25(27)33)6-3-17-1-4-18(16-38)5-2-17/h1-2,4-5,9-10,20-23,26,34,38H,7-8,11-16H2,(H,35,40)(H,36,39)/t21-,22+,23+,26-/m0/s1. The number of benzene rings is 2. The number of amides is 3. The van der Waals surface area contributed by atoms with Gasteiger partial charge in [0, 0.05) is 49.1 Å². The summed E-state index contributed by atoms with van der Waals surface area (Å²) in [6, 6.07) is 7.18. The molecule has 2 aromatic rings. The third-order valence-electron chi connectivity index (χ3n) is 7.62. The number of aliphatic hydroxyl groups is 1. The zero-order valence-electron chi connectivity index (χ0n) is 22.3. The Hall–Kier alpha value is -3.88. The van der Waals surface area contributed by atoms with E-state index in [4.69, 9.17) is 5.11 Å². The van der Waals surface area contributed by atoms with Gasteiger partial charge in [0.2, 0.25) is 11.8 Å². The number of carbonyl (C=O) groups excluding carboxylic acids is 3. The molecule has 0 unspecified atom stereocenters. The molecule has 2 aliphatic heterocycles. The average molecular weight is 569 g/mol. The topological polar surface area (TPSA) is 111 Å². The van der Waals surface area contributed by atoms with Crippen LogP contribution >= 0.6 is 0 Å². The molecule has 5 rings (SSSR count). The van der Waals surface area contributed by atoms with Crippen molar-refractivity contribution in [3.05, 3.63) is 70.3 Å². The summed E-state index contributed by atoms with van der Waals surface area (Å²) >= 11 is 0. The van der Waals surface area contributed by atoms with Crippen molar-refractivity contribution in [2.75, 3.05) is 19.6 Å². The maximum Gasteiger partial charge on any atom is 0.257 e. The molecule has 3 amide bonds. The molecule has 8 nitrogen and oxygen atoms in total. The van der Waals surface area contributed by atoms with Crippen molar-refractivity contribution in [1.29, 1.82) is 0 Å². The Morgan fingerprint density at radius 3 is 2.32 bits per heavy atom. The van der Waals surface area contributed by atoms with E-state index in [1.165, 1.54) is 0 Å². The number of nitrogens with zero attached hydrogens (tertiary/aromatic N) is 1. The molecule has 216 valence electrons. The lowest BCUT2D eigenvalue weighted by molar-refractivity contribution is -0.133. The molecule has 1 aliphatic carbocycles. The van der Waals surface area contributed by atoms with Gasteiger partial charge in [0.1, 0.15) is 23.4 Å². The van der Waals surface area contributed by atoms with Gasteiger partial charge in [-0.15, -0.1) is 0 Å². The highest BCUT2D eigenvalue weighted by Crippen LogP contribution is 2.34. The summed E-state index contributed by atoms with van der Waals surface area (Å²) in [6.07, 6.45) is 0.887. The molecule has 4 N–H and O–H groups in total. The van der Waals surface area contributed by atoms with Crippen molar-refractivity contribution in [2.45, 2.75) is 56.6 Å². The van der Waals surface area contributed by atoms with Crippen molar-refractivity contribution >= 4 is 17.7 Å². The smallest absolute Gasteiger partial charge is 0.257 e. The van der Waals surface area contributed by atoms with Gasteiger partial charge in [0.25, 0.3) is 5.91 Å². The fourth-order valence-corrected chi connectivity index (χ4v) is 5.24. The SMILES string of the molecule is O=C(NC[C@H]1C[C@@H](NC(=O)[C@@H]2C[C@H](F)CN2)CN1C(=O)C1CC1)c1c(F)cc(C#Cc2ccc(CO)cc2)cc1F. The molecule has 0 spiro atoms. The van der Waals surface area contributed by atoms with Gasteiger partial charge in [-0.2, -0.15) is 0 Å². The van der Waals surface area contributed by atoms with Gasteiger partial charge in [-0.05, 0) is 49.1 Å². The molecular weight excluding hydrogens is 537 g/mol. The summed E-state index contributed by atoms with van der Waals surface area (Å²) < 4.78 is 43.2. The fraction of sp³-hybridized carbons (Fsp3) is 0.433. The summed E-state index contributed by atoms with van der Waals surface area (Å²) in [4.78, 5) is 39.9. The second kappa shape index (κ2) is 12.3. The molecule has 3 fully saturated rings. The molecular formula is C30H31F3N4O4. The Kier molecular flexibility index (Phi) is 8.61. The molecule has 2 saturated heterocycles. The van der Waals surface area contributed by atoms with Crippen molar-refractivity contribution < 1.29 is 32.7 Å². The van der Waals surface area contributed by atoms with Crippen molar-refractivity contribution in [2.24, 2.45) is 5.92 Å². The van der Waals surface area contributed by atoms with Crippen LogP contribution in [0.2, 0.25) is 0 Å². The maximum atomic E-state index is 14.8.